The highest BCUT2D eigenvalue weighted by atomic mass is 35.5. The van der Waals surface area contributed by atoms with Crippen molar-refractivity contribution in [3.63, 3.8) is 0 Å². The molecule has 0 aliphatic carbocycles. The van der Waals surface area contributed by atoms with Crippen molar-refractivity contribution >= 4 is 39.4 Å². The Balaban J connectivity index is 1.37. The van der Waals surface area contributed by atoms with E-state index in [1.165, 1.54) is 0 Å². The summed E-state index contributed by atoms with van der Waals surface area (Å²) >= 11 is 6.16. The molecule has 0 aliphatic rings. The molecule has 2 aromatic heterocycles. The summed E-state index contributed by atoms with van der Waals surface area (Å²) in [5, 5.41) is 12.6. The number of benzene rings is 2. The molecule has 26 heavy (non-hydrogen) atoms. The Bertz CT molecular complexity index is 1090. The molecule has 0 saturated heterocycles. The molecule has 4 rings (SSSR count). The molecule has 130 valence electrons. The predicted molar refractivity (Wildman–Crippen MR) is 101 cm³/mol. The second kappa shape index (κ2) is 7.09. The van der Waals surface area contributed by atoms with Gasteiger partial charge < -0.3 is 5.32 Å². The zero-order valence-corrected chi connectivity index (χ0v) is 14.6. The fraction of sp³-hybridized carbons (Fsp3) is 0.158. The molecule has 0 saturated carbocycles. The van der Waals surface area contributed by atoms with Crippen molar-refractivity contribution in [1.82, 2.24) is 25.3 Å². The second-order valence-corrected chi connectivity index (χ2v) is 6.33. The molecule has 0 aliphatic heterocycles. The molecule has 2 aromatic carbocycles. The van der Waals surface area contributed by atoms with Crippen molar-refractivity contribution < 1.29 is 4.79 Å². The number of nitrogens with one attached hydrogen (secondary N) is 1. The first kappa shape index (κ1) is 16.5. The van der Waals surface area contributed by atoms with Gasteiger partial charge in [-0.1, -0.05) is 47.1 Å². The van der Waals surface area contributed by atoms with E-state index in [0.717, 1.165) is 22.8 Å². The van der Waals surface area contributed by atoms with Crippen LogP contribution in [0.5, 0.6) is 0 Å². The molecule has 0 bridgehead atoms. The Morgan fingerprint density at radius 3 is 2.88 bits per heavy atom. The van der Waals surface area contributed by atoms with E-state index in [-0.39, 0.29) is 5.91 Å². The third-order valence-electron chi connectivity index (χ3n) is 4.16. The highest BCUT2D eigenvalue weighted by Gasteiger charge is 2.09. The van der Waals surface area contributed by atoms with E-state index >= 15 is 0 Å². The first-order valence-electron chi connectivity index (χ1n) is 8.34. The van der Waals surface area contributed by atoms with E-state index in [4.69, 9.17) is 11.6 Å². The number of carbonyl (C=O) groups is 1. The highest BCUT2D eigenvalue weighted by molar-refractivity contribution is 6.35. The van der Waals surface area contributed by atoms with Crippen LogP contribution in [0.2, 0.25) is 5.02 Å². The van der Waals surface area contributed by atoms with Crippen molar-refractivity contribution in [2.24, 2.45) is 0 Å². The van der Waals surface area contributed by atoms with Gasteiger partial charge in [-0.3, -0.25) is 4.79 Å². The number of hydrogen-bond donors (Lipinski definition) is 1. The van der Waals surface area contributed by atoms with Crippen LogP contribution in [0, 0.1) is 0 Å². The molecule has 0 unspecified atom stereocenters. The maximum absolute atomic E-state index is 12.3. The number of rotatable bonds is 5. The molecular formula is C19H16ClN5O. The largest absolute Gasteiger partial charge is 0.351 e. The van der Waals surface area contributed by atoms with Crippen molar-refractivity contribution in [2.75, 3.05) is 6.54 Å². The summed E-state index contributed by atoms with van der Waals surface area (Å²) in [5.74, 6) is -0.213. The summed E-state index contributed by atoms with van der Waals surface area (Å²) in [5.41, 5.74) is 2.85. The van der Waals surface area contributed by atoms with E-state index in [2.05, 4.69) is 20.6 Å². The molecule has 4 aromatic rings. The number of hydrogen-bond acceptors (Lipinski definition) is 4. The number of halogens is 1. The van der Waals surface area contributed by atoms with Crippen molar-refractivity contribution in [2.45, 2.75) is 13.0 Å². The van der Waals surface area contributed by atoms with Gasteiger partial charge in [0.05, 0.1) is 16.1 Å². The Morgan fingerprint density at radius 2 is 1.96 bits per heavy atom. The van der Waals surface area contributed by atoms with Gasteiger partial charge >= 0.3 is 0 Å². The van der Waals surface area contributed by atoms with Gasteiger partial charge in [0.25, 0.3) is 5.91 Å². The van der Waals surface area contributed by atoms with Crippen molar-refractivity contribution in [3.8, 4) is 0 Å². The summed E-state index contributed by atoms with van der Waals surface area (Å²) in [6, 6.07) is 16.9. The first-order chi connectivity index (χ1) is 12.7. The third kappa shape index (κ3) is 3.23. The van der Waals surface area contributed by atoms with Crippen LogP contribution < -0.4 is 5.32 Å². The van der Waals surface area contributed by atoms with Crippen LogP contribution in [0.15, 0.2) is 54.6 Å². The minimum atomic E-state index is -0.213. The van der Waals surface area contributed by atoms with E-state index in [1.54, 1.807) is 12.1 Å². The zero-order chi connectivity index (χ0) is 17.9. The highest BCUT2D eigenvalue weighted by Crippen LogP contribution is 2.21. The zero-order valence-electron chi connectivity index (χ0n) is 13.9. The lowest BCUT2D eigenvalue weighted by Gasteiger charge is -2.07. The molecule has 7 heteroatoms. The van der Waals surface area contributed by atoms with Gasteiger partial charge in [-0.25, -0.2) is 9.67 Å². The standard InChI is InChI=1S/C19H16ClN5O/c20-14-6-3-5-13-9-10-16(22-18(13)14)19(26)21-11-4-12-25-17-8-2-1-7-15(17)23-24-25/h1-3,5-10H,4,11-12H2,(H,21,26). The van der Waals surface area contributed by atoms with Gasteiger partial charge in [-0.05, 0) is 30.7 Å². The lowest BCUT2D eigenvalue weighted by atomic mass is 10.2. The van der Waals surface area contributed by atoms with Gasteiger partial charge in [0, 0.05) is 18.5 Å². The quantitative estimate of drug-likeness (QED) is 0.550. The van der Waals surface area contributed by atoms with Crippen LogP contribution >= 0.6 is 11.6 Å². The first-order valence-corrected chi connectivity index (χ1v) is 8.72. The van der Waals surface area contributed by atoms with Gasteiger partial charge in [0.1, 0.15) is 11.2 Å². The molecule has 6 nitrogen and oxygen atoms in total. The molecule has 0 atom stereocenters. The van der Waals surface area contributed by atoms with Crippen molar-refractivity contribution in [1.29, 1.82) is 0 Å². The van der Waals surface area contributed by atoms with Crippen LogP contribution in [-0.4, -0.2) is 32.4 Å². The molecule has 0 fully saturated rings. The van der Waals surface area contributed by atoms with E-state index in [0.29, 0.717) is 29.3 Å². The number of fused-ring (bicyclic) bond motifs is 2. The number of aromatic nitrogens is 4. The average molecular weight is 366 g/mol. The third-order valence-corrected chi connectivity index (χ3v) is 4.46. The van der Waals surface area contributed by atoms with Crippen LogP contribution in [0.3, 0.4) is 0 Å². The van der Waals surface area contributed by atoms with Crippen LogP contribution in [0.4, 0.5) is 0 Å². The smallest absolute Gasteiger partial charge is 0.269 e. The van der Waals surface area contributed by atoms with Gasteiger partial charge in [-0.2, -0.15) is 0 Å². The molecule has 2 heterocycles. The van der Waals surface area contributed by atoms with Gasteiger partial charge in [0.2, 0.25) is 0 Å². The fourth-order valence-corrected chi connectivity index (χ4v) is 3.07. The summed E-state index contributed by atoms with van der Waals surface area (Å²) < 4.78 is 1.84. The lowest BCUT2D eigenvalue weighted by molar-refractivity contribution is 0.0948. The maximum Gasteiger partial charge on any atom is 0.269 e. The maximum atomic E-state index is 12.3. The lowest BCUT2D eigenvalue weighted by Crippen LogP contribution is -2.26. The second-order valence-electron chi connectivity index (χ2n) is 5.92. The van der Waals surface area contributed by atoms with E-state index in [9.17, 15) is 4.79 Å². The SMILES string of the molecule is O=C(NCCCn1nnc2ccccc21)c1ccc2cccc(Cl)c2n1. The topological polar surface area (TPSA) is 72.7 Å². The fourth-order valence-electron chi connectivity index (χ4n) is 2.84. The summed E-state index contributed by atoms with van der Waals surface area (Å²) in [4.78, 5) is 16.7. The molecule has 1 N–H and O–H groups in total. The number of aryl methyl sites for hydroxylation is 1. The Hall–Kier alpha value is -2.99. The molecule has 1 amide bonds. The van der Waals surface area contributed by atoms with E-state index < -0.39 is 0 Å². The number of pyridine rings is 1. The predicted octanol–water partition coefficient (Wildman–Crippen LogP) is 3.45. The Kier molecular flexibility index (Phi) is 4.50. The molecular weight excluding hydrogens is 350 g/mol. The van der Waals surface area contributed by atoms with Crippen LogP contribution in [0.1, 0.15) is 16.9 Å². The Labute approximate surface area is 154 Å². The number of nitrogens with zero attached hydrogens (tertiary/aromatic N) is 4. The Morgan fingerprint density at radius 1 is 1.08 bits per heavy atom. The van der Waals surface area contributed by atoms with Crippen molar-refractivity contribution in [3.05, 3.63) is 65.3 Å². The number of carbonyl (C=O) groups excluding carboxylic acids is 1. The monoisotopic (exact) mass is 365 g/mol. The average Bonchev–Trinajstić information content (AvgIpc) is 3.08. The number of para-hydroxylation sites is 2. The minimum absolute atomic E-state index is 0.213. The summed E-state index contributed by atoms with van der Waals surface area (Å²) in [6.07, 6.45) is 0.743. The summed E-state index contributed by atoms with van der Waals surface area (Å²) in [7, 11) is 0. The molecule has 0 spiro atoms. The van der Waals surface area contributed by atoms with Gasteiger partial charge in [-0.15, -0.1) is 5.10 Å². The normalized spacial score (nSPS) is 11.1. The van der Waals surface area contributed by atoms with Crippen LogP contribution in [-0.2, 0) is 6.54 Å². The number of amides is 1. The molecule has 0 radical (unpaired) electrons. The van der Waals surface area contributed by atoms with Gasteiger partial charge in [0.15, 0.2) is 0 Å². The summed E-state index contributed by atoms with van der Waals surface area (Å²) in [6.45, 7) is 1.20. The van der Waals surface area contributed by atoms with E-state index in [1.807, 2.05) is 47.1 Å². The van der Waals surface area contributed by atoms with Crippen LogP contribution in [0.25, 0.3) is 21.9 Å². The minimum Gasteiger partial charge on any atom is -0.351 e.